The van der Waals surface area contributed by atoms with Crippen LogP contribution in [-0.4, -0.2) is 20.2 Å². The van der Waals surface area contributed by atoms with Gasteiger partial charge in [0.05, 0.1) is 12.9 Å². The number of aromatic hydroxyl groups is 1. The van der Waals surface area contributed by atoms with E-state index in [4.69, 9.17) is 5.11 Å². The van der Waals surface area contributed by atoms with Gasteiger partial charge >= 0.3 is 0 Å². The predicted octanol–water partition coefficient (Wildman–Crippen LogP) is 2.56. The van der Waals surface area contributed by atoms with Crippen molar-refractivity contribution < 1.29 is 10.2 Å². The van der Waals surface area contributed by atoms with Crippen molar-refractivity contribution in [3.8, 4) is 5.75 Å². The van der Waals surface area contributed by atoms with Gasteiger partial charge in [0, 0.05) is 17.5 Å². The van der Waals surface area contributed by atoms with Crippen molar-refractivity contribution >= 4 is 0 Å². The van der Waals surface area contributed by atoms with E-state index in [2.05, 4.69) is 9.97 Å². The molecule has 0 amide bonds. The molecule has 0 bridgehead atoms. The van der Waals surface area contributed by atoms with Crippen LogP contribution in [0.3, 0.4) is 0 Å². The number of benzene rings is 1. The first-order chi connectivity index (χ1) is 9.31. The average molecular weight is 260 g/mol. The van der Waals surface area contributed by atoms with Gasteiger partial charge in [-0.15, -0.1) is 0 Å². The molecule has 1 aromatic heterocycles. The fraction of sp³-hybridized carbons (Fsp3) is 0.400. The molecule has 0 aliphatic heterocycles. The average Bonchev–Trinajstić information content (AvgIpc) is 2.93. The predicted molar refractivity (Wildman–Crippen MR) is 73.9 cm³/mol. The van der Waals surface area contributed by atoms with Crippen molar-refractivity contribution in [1.82, 2.24) is 9.97 Å². The molecule has 0 radical (unpaired) electrons. The molecule has 1 heterocycles. The summed E-state index contributed by atoms with van der Waals surface area (Å²) in [7, 11) is 0. The third-order valence-corrected chi connectivity index (χ3v) is 3.32. The number of phenols is 1. The number of aryl methyl sites for hydroxylation is 2. The number of H-pyrrole nitrogens is 1. The number of imidazole rings is 1. The summed E-state index contributed by atoms with van der Waals surface area (Å²) in [5.41, 5.74) is 2.70. The number of aromatic nitrogens is 2. The van der Waals surface area contributed by atoms with Crippen LogP contribution in [0.4, 0.5) is 0 Å². The molecule has 2 aromatic rings. The van der Waals surface area contributed by atoms with Gasteiger partial charge in [-0.3, -0.25) is 0 Å². The van der Waals surface area contributed by atoms with Crippen LogP contribution in [0.2, 0.25) is 0 Å². The lowest BCUT2D eigenvalue weighted by Crippen LogP contribution is -1.92. The maximum absolute atomic E-state index is 9.92. The number of nitrogens with zero attached hydrogens (tertiary/aromatic N) is 1. The van der Waals surface area contributed by atoms with E-state index in [9.17, 15) is 5.11 Å². The minimum absolute atomic E-state index is 0.112. The van der Waals surface area contributed by atoms with Crippen molar-refractivity contribution in [3.63, 3.8) is 0 Å². The second-order valence-electron chi connectivity index (χ2n) is 4.72. The van der Waals surface area contributed by atoms with E-state index < -0.39 is 0 Å². The summed E-state index contributed by atoms with van der Waals surface area (Å²) in [5.74, 6) is 0.249. The highest BCUT2D eigenvalue weighted by Crippen LogP contribution is 2.24. The number of rotatable bonds is 7. The van der Waals surface area contributed by atoms with Gasteiger partial charge in [-0.2, -0.15) is 0 Å². The quantitative estimate of drug-likeness (QED) is 0.670. The molecule has 102 valence electrons. The van der Waals surface area contributed by atoms with Crippen LogP contribution in [0.1, 0.15) is 36.1 Å². The molecule has 2 rings (SSSR count). The molecule has 3 N–H and O–H groups in total. The second kappa shape index (κ2) is 6.95. The number of aromatic amines is 1. The Morgan fingerprint density at radius 1 is 1.05 bits per heavy atom. The Bertz CT molecular complexity index is 495. The molecule has 4 nitrogen and oxygen atoms in total. The number of aliphatic hydroxyl groups excluding tert-OH is 1. The summed E-state index contributed by atoms with van der Waals surface area (Å²) < 4.78 is 0. The number of aliphatic hydroxyl groups is 1. The van der Waals surface area contributed by atoms with Gasteiger partial charge in [0.25, 0.3) is 0 Å². The molecule has 0 aliphatic rings. The van der Waals surface area contributed by atoms with Crippen LogP contribution in [0.5, 0.6) is 5.75 Å². The lowest BCUT2D eigenvalue weighted by Gasteiger charge is -2.07. The maximum atomic E-state index is 9.92. The maximum Gasteiger partial charge on any atom is 0.124 e. The van der Waals surface area contributed by atoms with E-state index in [0.717, 1.165) is 37.7 Å². The zero-order chi connectivity index (χ0) is 13.5. The van der Waals surface area contributed by atoms with E-state index in [1.54, 1.807) is 12.4 Å². The molecule has 1 aromatic carbocycles. The number of hydrogen-bond donors (Lipinski definition) is 3. The molecule has 4 heteroatoms. The first-order valence-electron chi connectivity index (χ1n) is 6.69. The zero-order valence-corrected chi connectivity index (χ0v) is 11.0. The summed E-state index contributed by atoms with van der Waals surface area (Å²) in [5, 5.41) is 19.0. The molecule has 0 saturated heterocycles. The standard InChI is InChI=1S/C15H20N2O2/c18-10-13-7-4-6-12(15(13)19)5-2-1-3-8-14-9-16-11-17-14/h4,6-7,9,11,18-19H,1-3,5,8,10H2,(H,16,17). The van der Waals surface area contributed by atoms with E-state index in [0.29, 0.717) is 5.56 Å². The largest absolute Gasteiger partial charge is 0.507 e. The molecule has 0 aliphatic carbocycles. The van der Waals surface area contributed by atoms with Crippen LogP contribution in [0.15, 0.2) is 30.7 Å². The Balaban J connectivity index is 1.73. The van der Waals surface area contributed by atoms with Gasteiger partial charge < -0.3 is 15.2 Å². The van der Waals surface area contributed by atoms with Crippen molar-refractivity contribution in [2.75, 3.05) is 0 Å². The molecular formula is C15H20N2O2. The van der Waals surface area contributed by atoms with Crippen LogP contribution >= 0.6 is 0 Å². The van der Waals surface area contributed by atoms with Crippen molar-refractivity contribution in [2.24, 2.45) is 0 Å². The zero-order valence-electron chi connectivity index (χ0n) is 11.0. The summed E-state index contributed by atoms with van der Waals surface area (Å²) in [4.78, 5) is 7.08. The number of para-hydroxylation sites is 1. The SMILES string of the molecule is OCc1cccc(CCCCCc2cnc[nH]2)c1O. The third-order valence-electron chi connectivity index (χ3n) is 3.32. The van der Waals surface area contributed by atoms with E-state index in [-0.39, 0.29) is 12.4 Å². The van der Waals surface area contributed by atoms with Gasteiger partial charge in [-0.1, -0.05) is 24.6 Å². The minimum Gasteiger partial charge on any atom is -0.507 e. The fourth-order valence-corrected chi connectivity index (χ4v) is 2.20. The summed E-state index contributed by atoms with van der Waals surface area (Å²) in [6, 6.07) is 5.55. The normalized spacial score (nSPS) is 10.8. The van der Waals surface area contributed by atoms with Gasteiger partial charge in [-0.05, 0) is 31.2 Å². The number of unbranched alkanes of at least 4 members (excludes halogenated alkanes) is 2. The topological polar surface area (TPSA) is 69.1 Å². The Labute approximate surface area is 113 Å². The Hall–Kier alpha value is -1.81. The van der Waals surface area contributed by atoms with E-state index >= 15 is 0 Å². The van der Waals surface area contributed by atoms with Crippen molar-refractivity contribution in [3.05, 3.63) is 47.5 Å². The highest BCUT2D eigenvalue weighted by Gasteiger charge is 2.05. The van der Waals surface area contributed by atoms with Crippen LogP contribution in [0.25, 0.3) is 0 Å². The molecule has 0 spiro atoms. The molecule has 0 fully saturated rings. The fourth-order valence-electron chi connectivity index (χ4n) is 2.20. The van der Waals surface area contributed by atoms with Gasteiger partial charge in [0.2, 0.25) is 0 Å². The summed E-state index contributed by atoms with van der Waals surface area (Å²) in [6.07, 6.45) is 8.69. The lowest BCUT2D eigenvalue weighted by atomic mass is 10.0. The highest BCUT2D eigenvalue weighted by atomic mass is 16.3. The first kappa shape index (κ1) is 13.6. The Morgan fingerprint density at radius 2 is 1.84 bits per heavy atom. The number of hydrogen-bond acceptors (Lipinski definition) is 3. The summed E-state index contributed by atoms with van der Waals surface area (Å²) in [6.45, 7) is -0.112. The Morgan fingerprint density at radius 3 is 2.58 bits per heavy atom. The highest BCUT2D eigenvalue weighted by molar-refractivity contribution is 5.39. The van der Waals surface area contributed by atoms with Crippen LogP contribution in [0, 0.1) is 0 Å². The number of nitrogens with one attached hydrogen (secondary N) is 1. The lowest BCUT2D eigenvalue weighted by molar-refractivity contribution is 0.275. The van der Waals surface area contributed by atoms with E-state index in [1.165, 1.54) is 5.69 Å². The third kappa shape index (κ3) is 3.83. The van der Waals surface area contributed by atoms with Gasteiger partial charge in [-0.25, -0.2) is 4.98 Å². The molecule has 0 saturated carbocycles. The van der Waals surface area contributed by atoms with Crippen LogP contribution in [-0.2, 0) is 19.4 Å². The van der Waals surface area contributed by atoms with Crippen molar-refractivity contribution in [2.45, 2.75) is 38.7 Å². The molecule has 0 atom stereocenters. The second-order valence-corrected chi connectivity index (χ2v) is 4.72. The molecule has 19 heavy (non-hydrogen) atoms. The minimum atomic E-state index is -0.112. The van der Waals surface area contributed by atoms with E-state index in [1.807, 2.05) is 18.3 Å². The first-order valence-corrected chi connectivity index (χ1v) is 6.69. The summed E-state index contributed by atoms with van der Waals surface area (Å²) >= 11 is 0. The van der Waals surface area contributed by atoms with Gasteiger partial charge in [0.15, 0.2) is 0 Å². The molecule has 0 unspecified atom stereocenters. The van der Waals surface area contributed by atoms with Crippen LogP contribution < -0.4 is 0 Å². The monoisotopic (exact) mass is 260 g/mol. The Kier molecular flexibility index (Phi) is 4.98. The molecular weight excluding hydrogens is 240 g/mol. The van der Waals surface area contributed by atoms with Gasteiger partial charge in [0.1, 0.15) is 5.75 Å². The smallest absolute Gasteiger partial charge is 0.124 e. The van der Waals surface area contributed by atoms with Crippen molar-refractivity contribution in [1.29, 1.82) is 0 Å².